The number of nitrogens with two attached hydrogens (primary N) is 1. The van der Waals surface area contributed by atoms with E-state index in [0.29, 0.717) is 0 Å². The Morgan fingerprint density at radius 2 is 2.33 bits per heavy atom. The van der Waals surface area contributed by atoms with E-state index in [-0.39, 0.29) is 6.04 Å². The molecule has 0 aromatic carbocycles. The van der Waals surface area contributed by atoms with E-state index in [1.54, 1.807) is 0 Å². The molecular formula is C7H12N2. The van der Waals surface area contributed by atoms with E-state index in [1.807, 2.05) is 20.0 Å². The van der Waals surface area contributed by atoms with E-state index >= 15 is 0 Å². The second-order valence-corrected chi connectivity index (χ2v) is 2.40. The van der Waals surface area contributed by atoms with Gasteiger partial charge in [-0.05, 0) is 25.5 Å². The molecule has 0 amide bonds. The van der Waals surface area contributed by atoms with E-state index in [2.05, 4.69) is 11.1 Å². The second kappa shape index (κ2) is 2.23. The van der Waals surface area contributed by atoms with Gasteiger partial charge in [0.25, 0.3) is 0 Å². The Morgan fingerprint density at radius 3 is 2.56 bits per heavy atom. The second-order valence-electron chi connectivity index (χ2n) is 2.40. The Labute approximate surface area is 55.1 Å². The van der Waals surface area contributed by atoms with Crippen molar-refractivity contribution in [1.29, 1.82) is 0 Å². The Bertz CT molecular complexity index is 189. The van der Waals surface area contributed by atoms with Gasteiger partial charge in [-0.25, -0.2) is 0 Å². The number of rotatable bonds is 1. The zero-order chi connectivity index (χ0) is 6.85. The standard InChI is InChI=1S/C7H12N2/c1-5-3-7(4-9-5)6(2)8/h3-4,6,9H,8H2,1-2H3. The summed E-state index contributed by atoms with van der Waals surface area (Å²) < 4.78 is 0. The van der Waals surface area contributed by atoms with E-state index in [1.165, 1.54) is 11.3 Å². The molecule has 50 valence electrons. The first-order valence-electron chi connectivity index (χ1n) is 3.10. The SMILES string of the molecule is Cc1cc(C(C)N)c[nH]1. The molecule has 0 radical (unpaired) electrons. The van der Waals surface area contributed by atoms with Crippen molar-refractivity contribution in [1.82, 2.24) is 4.98 Å². The molecule has 3 N–H and O–H groups in total. The van der Waals surface area contributed by atoms with Gasteiger partial charge in [0, 0.05) is 17.9 Å². The zero-order valence-corrected chi connectivity index (χ0v) is 5.81. The van der Waals surface area contributed by atoms with Crippen molar-refractivity contribution >= 4 is 0 Å². The third-order valence-electron chi connectivity index (χ3n) is 1.38. The van der Waals surface area contributed by atoms with Gasteiger partial charge in [0.05, 0.1) is 0 Å². The molecule has 1 rings (SSSR count). The van der Waals surface area contributed by atoms with Gasteiger partial charge in [-0.1, -0.05) is 0 Å². The van der Waals surface area contributed by atoms with Gasteiger partial charge < -0.3 is 10.7 Å². The first-order chi connectivity index (χ1) is 4.20. The van der Waals surface area contributed by atoms with Crippen molar-refractivity contribution in [3.05, 3.63) is 23.5 Å². The van der Waals surface area contributed by atoms with Crippen molar-refractivity contribution in [2.45, 2.75) is 19.9 Å². The monoisotopic (exact) mass is 124 g/mol. The van der Waals surface area contributed by atoms with Crippen molar-refractivity contribution in [3.8, 4) is 0 Å². The number of aromatic amines is 1. The van der Waals surface area contributed by atoms with Crippen LogP contribution in [0.2, 0.25) is 0 Å². The topological polar surface area (TPSA) is 41.8 Å². The molecule has 1 unspecified atom stereocenters. The molecule has 0 aliphatic carbocycles. The van der Waals surface area contributed by atoms with Crippen LogP contribution in [0.1, 0.15) is 24.2 Å². The van der Waals surface area contributed by atoms with Gasteiger partial charge in [0.1, 0.15) is 0 Å². The van der Waals surface area contributed by atoms with Gasteiger partial charge in [-0.2, -0.15) is 0 Å². The molecular weight excluding hydrogens is 112 g/mol. The van der Waals surface area contributed by atoms with Crippen molar-refractivity contribution < 1.29 is 0 Å². The minimum Gasteiger partial charge on any atom is -0.365 e. The van der Waals surface area contributed by atoms with Gasteiger partial charge >= 0.3 is 0 Å². The molecule has 2 heteroatoms. The van der Waals surface area contributed by atoms with Crippen molar-refractivity contribution in [2.75, 3.05) is 0 Å². The number of H-pyrrole nitrogens is 1. The molecule has 2 nitrogen and oxygen atoms in total. The fourth-order valence-corrected chi connectivity index (χ4v) is 0.793. The fraction of sp³-hybridized carbons (Fsp3) is 0.429. The molecule has 0 aliphatic rings. The highest BCUT2D eigenvalue weighted by molar-refractivity contribution is 5.18. The largest absolute Gasteiger partial charge is 0.365 e. The highest BCUT2D eigenvalue weighted by Gasteiger charge is 1.98. The van der Waals surface area contributed by atoms with E-state index < -0.39 is 0 Å². The van der Waals surface area contributed by atoms with Gasteiger partial charge in [-0.3, -0.25) is 0 Å². The van der Waals surface area contributed by atoms with Crippen LogP contribution in [0, 0.1) is 6.92 Å². The molecule has 0 fully saturated rings. The average Bonchev–Trinajstić information content (AvgIpc) is 2.14. The average molecular weight is 124 g/mol. The summed E-state index contributed by atoms with van der Waals surface area (Å²) in [6, 6.07) is 2.21. The van der Waals surface area contributed by atoms with Gasteiger partial charge in [-0.15, -0.1) is 0 Å². The Balaban J connectivity index is 2.85. The predicted molar refractivity (Wildman–Crippen MR) is 38.1 cm³/mol. The molecule has 0 spiro atoms. The highest BCUT2D eigenvalue weighted by atomic mass is 14.7. The summed E-state index contributed by atoms with van der Waals surface area (Å²) in [4.78, 5) is 3.07. The smallest absolute Gasteiger partial charge is 0.0281 e. The van der Waals surface area contributed by atoms with Crippen LogP contribution in [0.3, 0.4) is 0 Å². The zero-order valence-electron chi connectivity index (χ0n) is 5.81. The summed E-state index contributed by atoms with van der Waals surface area (Å²) in [5.74, 6) is 0. The minimum atomic E-state index is 0.148. The van der Waals surface area contributed by atoms with Crippen LogP contribution in [0.4, 0.5) is 0 Å². The van der Waals surface area contributed by atoms with Gasteiger partial charge in [0.2, 0.25) is 0 Å². The maximum Gasteiger partial charge on any atom is 0.0281 e. The Kier molecular flexibility index (Phi) is 1.58. The van der Waals surface area contributed by atoms with Crippen LogP contribution in [-0.4, -0.2) is 4.98 Å². The van der Waals surface area contributed by atoms with Crippen molar-refractivity contribution in [3.63, 3.8) is 0 Å². The first kappa shape index (κ1) is 6.36. The van der Waals surface area contributed by atoms with E-state index in [9.17, 15) is 0 Å². The minimum absolute atomic E-state index is 0.148. The number of hydrogen-bond acceptors (Lipinski definition) is 1. The Morgan fingerprint density at radius 1 is 1.67 bits per heavy atom. The lowest BCUT2D eigenvalue weighted by Gasteiger charge is -1.97. The molecule has 1 atom stereocenters. The summed E-state index contributed by atoms with van der Waals surface area (Å²) in [6.45, 7) is 3.99. The molecule has 0 bridgehead atoms. The lowest BCUT2D eigenvalue weighted by atomic mass is 10.2. The van der Waals surface area contributed by atoms with E-state index in [0.717, 1.165) is 0 Å². The maximum atomic E-state index is 5.61. The highest BCUT2D eigenvalue weighted by Crippen LogP contribution is 2.09. The number of aryl methyl sites for hydroxylation is 1. The molecule has 1 heterocycles. The van der Waals surface area contributed by atoms with Crippen LogP contribution in [-0.2, 0) is 0 Å². The number of nitrogens with one attached hydrogen (secondary N) is 1. The van der Waals surface area contributed by atoms with Gasteiger partial charge in [0.15, 0.2) is 0 Å². The molecule has 0 saturated carbocycles. The number of aromatic nitrogens is 1. The molecule has 1 aromatic heterocycles. The van der Waals surface area contributed by atoms with Crippen LogP contribution in [0.5, 0.6) is 0 Å². The molecule has 9 heavy (non-hydrogen) atoms. The van der Waals surface area contributed by atoms with Crippen molar-refractivity contribution in [2.24, 2.45) is 5.73 Å². The number of hydrogen-bond donors (Lipinski definition) is 2. The lowest BCUT2D eigenvalue weighted by molar-refractivity contribution is 0.820. The maximum absolute atomic E-state index is 5.61. The normalized spacial score (nSPS) is 13.7. The third kappa shape index (κ3) is 1.33. The van der Waals surface area contributed by atoms with Crippen LogP contribution in [0.15, 0.2) is 12.3 Å². The molecule has 1 aromatic rings. The summed E-state index contributed by atoms with van der Waals surface area (Å²) in [5.41, 5.74) is 7.95. The third-order valence-corrected chi connectivity index (χ3v) is 1.38. The first-order valence-corrected chi connectivity index (χ1v) is 3.10. The molecule has 0 saturated heterocycles. The summed E-state index contributed by atoms with van der Waals surface area (Å²) >= 11 is 0. The molecule has 0 aliphatic heterocycles. The van der Waals surface area contributed by atoms with E-state index in [4.69, 9.17) is 5.73 Å². The summed E-state index contributed by atoms with van der Waals surface area (Å²) in [6.07, 6.45) is 1.94. The Hall–Kier alpha value is -0.760. The quantitative estimate of drug-likeness (QED) is 0.583. The fourth-order valence-electron chi connectivity index (χ4n) is 0.793. The lowest BCUT2D eigenvalue weighted by Crippen LogP contribution is -2.02. The van der Waals surface area contributed by atoms with Crippen LogP contribution in [0.25, 0.3) is 0 Å². The summed E-state index contributed by atoms with van der Waals surface area (Å²) in [5, 5.41) is 0. The van der Waals surface area contributed by atoms with Crippen LogP contribution >= 0.6 is 0 Å². The predicted octanol–water partition coefficient (Wildman–Crippen LogP) is 1.34. The van der Waals surface area contributed by atoms with Crippen LogP contribution < -0.4 is 5.73 Å². The summed E-state index contributed by atoms with van der Waals surface area (Å²) in [7, 11) is 0.